The Hall–Kier alpha value is 0.491. The van der Waals surface area contributed by atoms with Gasteiger partial charge in [-0.2, -0.15) is 0 Å². The largest absolute Gasteiger partial charge is 0.397 e. The minimum atomic E-state index is -2.00. The van der Waals surface area contributed by atoms with Crippen molar-refractivity contribution < 1.29 is 17.7 Å². The molecule has 0 amide bonds. The second-order valence-corrected chi connectivity index (χ2v) is 16.2. The van der Waals surface area contributed by atoms with Crippen molar-refractivity contribution in [1.82, 2.24) is 0 Å². The summed E-state index contributed by atoms with van der Waals surface area (Å²) in [7, 11) is -0.353. The fraction of sp³-hybridized carbons (Fsp3) is 1.00. The van der Waals surface area contributed by atoms with Gasteiger partial charge >= 0.3 is 17.1 Å². The number of hydrogen-bond acceptors (Lipinski definition) is 4. The van der Waals surface area contributed by atoms with Crippen molar-refractivity contribution >= 4 is 28.1 Å². The smallest absolute Gasteiger partial charge is 0.343 e. The van der Waals surface area contributed by atoms with Crippen molar-refractivity contribution in [2.24, 2.45) is 0 Å². The molecule has 180 valence electrons. The average Bonchev–Trinajstić information content (AvgIpc) is 2.73. The van der Waals surface area contributed by atoms with Crippen molar-refractivity contribution in [3.63, 3.8) is 0 Å². The SMILES string of the molecule is CCC(C)[Si](OC)(OC)C(C)CC.CCO[Si](OCC)(C(C)CC)C(C)CC.[SiH4]. The van der Waals surface area contributed by atoms with E-state index in [-0.39, 0.29) is 11.0 Å². The molecule has 4 nitrogen and oxygen atoms in total. The van der Waals surface area contributed by atoms with Gasteiger partial charge in [-0.1, -0.05) is 81.1 Å². The maximum absolute atomic E-state index is 6.09. The third-order valence-electron chi connectivity index (χ3n) is 6.57. The van der Waals surface area contributed by atoms with Gasteiger partial charge in [-0.05, 0) is 47.0 Å². The van der Waals surface area contributed by atoms with Crippen LogP contribution in [0.25, 0.3) is 0 Å². The van der Waals surface area contributed by atoms with Gasteiger partial charge in [0.1, 0.15) is 0 Å². The minimum absolute atomic E-state index is 0. The summed E-state index contributed by atoms with van der Waals surface area (Å²) in [6.07, 6.45) is 4.57. The van der Waals surface area contributed by atoms with E-state index in [1.54, 1.807) is 14.2 Å². The van der Waals surface area contributed by atoms with E-state index in [0.717, 1.165) is 38.9 Å². The first-order valence-corrected chi connectivity index (χ1v) is 15.5. The van der Waals surface area contributed by atoms with Gasteiger partial charge in [0.05, 0.1) is 0 Å². The lowest BCUT2D eigenvalue weighted by atomic mass is 10.4. The van der Waals surface area contributed by atoms with E-state index < -0.39 is 17.1 Å². The molecule has 0 rings (SSSR count). The third-order valence-corrected chi connectivity index (χ3v) is 16.5. The first kappa shape index (κ1) is 34.1. The molecule has 0 aromatic heterocycles. The van der Waals surface area contributed by atoms with E-state index in [1.807, 2.05) is 0 Å². The Balaban J connectivity index is -0.000000455. The molecule has 0 aromatic rings. The second kappa shape index (κ2) is 18.1. The van der Waals surface area contributed by atoms with Crippen molar-refractivity contribution in [3.8, 4) is 0 Å². The quantitative estimate of drug-likeness (QED) is 0.294. The van der Waals surface area contributed by atoms with Crippen LogP contribution in [0.5, 0.6) is 0 Å². The number of rotatable bonds is 14. The summed E-state index contributed by atoms with van der Waals surface area (Å²) in [5.74, 6) is 0. The molecule has 0 bridgehead atoms. The maximum Gasteiger partial charge on any atom is 0.343 e. The Kier molecular flexibility index (Phi) is 21.3. The summed E-state index contributed by atoms with van der Waals surface area (Å²) in [4.78, 5) is 0. The van der Waals surface area contributed by atoms with Crippen molar-refractivity contribution in [2.45, 2.75) is 117 Å². The Morgan fingerprint density at radius 2 is 0.759 bits per heavy atom. The Morgan fingerprint density at radius 3 is 0.931 bits per heavy atom. The Labute approximate surface area is 190 Å². The molecule has 0 aromatic carbocycles. The summed E-state index contributed by atoms with van der Waals surface area (Å²) >= 11 is 0. The summed E-state index contributed by atoms with van der Waals surface area (Å²) in [6, 6.07) is 0. The summed E-state index contributed by atoms with van der Waals surface area (Å²) in [6.45, 7) is 23.6. The van der Waals surface area contributed by atoms with Crippen LogP contribution in [0.2, 0.25) is 22.2 Å². The normalized spacial score (nSPS) is 16.1. The van der Waals surface area contributed by atoms with Crippen LogP contribution in [0.15, 0.2) is 0 Å². The molecular weight excluding hydrogens is 412 g/mol. The van der Waals surface area contributed by atoms with E-state index in [1.165, 1.54) is 0 Å². The fourth-order valence-corrected chi connectivity index (χ4v) is 12.2. The second-order valence-electron chi connectivity index (χ2n) is 7.95. The van der Waals surface area contributed by atoms with Crippen LogP contribution >= 0.6 is 0 Å². The molecule has 0 saturated carbocycles. The molecule has 4 unspecified atom stereocenters. The van der Waals surface area contributed by atoms with Crippen LogP contribution in [0.4, 0.5) is 0 Å². The van der Waals surface area contributed by atoms with E-state index in [2.05, 4.69) is 69.2 Å². The van der Waals surface area contributed by atoms with Crippen LogP contribution in [-0.2, 0) is 17.7 Å². The predicted octanol–water partition coefficient (Wildman–Crippen LogP) is 5.97. The first-order valence-electron chi connectivity index (χ1n) is 11.6. The molecule has 7 heteroatoms. The van der Waals surface area contributed by atoms with Crippen LogP contribution in [0.1, 0.15) is 94.9 Å². The molecule has 0 radical (unpaired) electrons. The fourth-order valence-electron chi connectivity index (χ4n) is 4.06. The highest BCUT2D eigenvalue weighted by molar-refractivity contribution is 6.70. The van der Waals surface area contributed by atoms with Crippen LogP contribution in [-0.4, -0.2) is 55.5 Å². The van der Waals surface area contributed by atoms with E-state index in [4.69, 9.17) is 17.7 Å². The first-order chi connectivity index (χ1) is 13.2. The third kappa shape index (κ3) is 9.25. The lowest BCUT2D eigenvalue weighted by Crippen LogP contribution is -2.49. The Bertz CT molecular complexity index is 338. The molecule has 29 heavy (non-hydrogen) atoms. The highest BCUT2D eigenvalue weighted by Gasteiger charge is 2.47. The average molecular weight is 469 g/mol. The van der Waals surface area contributed by atoms with E-state index in [0.29, 0.717) is 22.2 Å². The Morgan fingerprint density at radius 1 is 0.517 bits per heavy atom. The van der Waals surface area contributed by atoms with Gasteiger partial charge in [0.15, 0.2) is 0 Å². The molecule has 0 spiro atoms. The minimum Gasteiger partial charge on any atom is -0.397 e. The van der Waals surface area contributed by atoms with Gasteiger partial charge in [-0.15, -0.1) is 0 Å². The highest BCUT2D eigenvalue weighted by Crippen LogP contribution is 2.39. The summed E-state index contributed by atoms with van der Waals surface area (Å²) in [5, 5.41) is 0. The zero-order valence-corrected chi connectivity index (χ0v) is 23.2. The van der Waals surface area contributed by atoms with Gasteiger partial charge < -0.3 is 17.7 Å². The van der Waals surface area contributed by atoms with E-state index in [9.17, 15) is 0 Å². The van der Waals surface area contributed by atoms with Crippen LogP contribution in [0.3, 0.4) is 0 Å². The van der Waals surface area contributed by atoms with Gasteiger partial charge in [0.2, 0.25) is 0 Å². The molecule has 0 aliphatic carbocycles. The van der Waals surface area contributed by atoms with Crippen molar-refractivity contribution in [1.29, 1.82) is 0 Å². The highest BCUT2D eigenvalue weighted by atomic mass is 28.4. The monoisotopic (exact) mass is 468 g/mol. The van der Waals surface area contributed by atoms with Gasteiger partial charge in [-0.3, -0.25) is 0 Å². The lowest BCUT2D eigenvalue weighted by Gasteiger charge is -2.39. The summed E-state index contributed by atoms with van der Waals surface area (Å²) < 4.78 is 23.6. The standard InChI is InChI=1S/C12H28O2Si.C10H24O2Si.H4Si/c1-7-11(5)15(13-9-3,14-10-4)12(6)8-2;1-7-9(3)13(11-5,12-6)10(4)8-2;/h11-12H,7-10H2,1-6H3;9-10H,7-8H2,1-6H3;1H4. The zero-order valence-electron chi connectivity index (χ0n) is 21.2. The molecule has 4 atom stereocenters. The molecule has 0 heterocycles. The summed E-state index contributed by atoms with van der Waals surface area (Å²) in [5.41, 5.74) is 2.29. The maximum atomic E-state index is 6.09. The van der Waals surface area contributed by atoms with Crippen LogP contribution < -0.4 is 0 Å². The van der Waals surface area contributed by atoms with Gasteiger partial charge in [0.25, 0.3) is 0 Å². The zero-order chi connectivity index (χ0) is 22.4. The van der Waals surface area contributed by atoms with Crippen LogP contribution in [0, 0.1) is 0 Å². The molecule has 0 aliphatic heterocycles. The van der Waals surface area contributed by atoms with Gasteiger partial charge in [-0.25, -0.2) is 0 Å². The molecule has 0 fully saturated rings. The molecular formula is C22H56O4Si3. The predicted molar refractivity (Wildman–Crippen MR) is 139 cm³/mol. The van der Waals surface area contributed by atoms with Gasteiger partial charge in [0, 0.05) is 27.4 Å². The van der Waals surface area contributed by atoms with Crippen molar-refractivity contribution in [2.75, 3.05) is 27.4 Å². The molecule has 0 aliphatic rings. The topological polar surface area (TPSA) is 36.9 Å². The molecule has 0 N–H and O–H groups in total. The van der Waals surface area contributed by atoms with E-state index >= 15 is 0 Å². The molecule has 0 saturated heterocycles. The van der Waals surface area contributed by atoms with Crippen molar-refractivity contribution in [3.05, 3.63) is 0 Å². The number of hydrogen-bond donors (Lipinski definition) is 0. The lowest BCUT2D eigenvalue weighted by molar-refractivity contribution is 0.162.